The molecule has 0 amide bonds. The van der Waals surface area contributed by atoms with E-state index in [0.29, 0.717) is 5.92 Å². The zero-order valence-electron chi connectivity index (χ0n) is 6.36. The minimum atomic E-state index is -4.21. The van der Waals surface area contributed by atoms with Gasteiger partial charge in [-0.3, -0.25) is 0 Å². The Morgan fingerprint density at radius 3 is 2.27 bits per heavy atom. The summed E-state index contributed by atoms with van der Waals surface area (Å²) in [6.45, 7) is 1.95. The Balaban J connectivity index is 2.26. The van der Waals surface area contributed by atoms with Crippen molar-refractivity contribution in [3.8, 4) is 0 Å². The fourth-order valence-corrected chi connectivity index (χ4v) is 1.19. The van der Waals surface area contributed by atoms with Crippen molar-refractivity contribution in [2.24, 2.45) is 17.6 Å². The van der Waals surface area contributed by atoms with Gasteiger partial charge in [0.25, 0.3) is 0 Å². The molecule has 11 heavy (non-hydrogen) atoms. The van der Waals surface area contributed by atoms with Crippen molar-refractivity contribution in [1.82, 2.24) is 0 Å². The van der Waals surface area contributed by atoms with Crippen LogP contribution in [0.1, 0.15) is 19.8 Å². The Morgan fingerprint density at radius 2 is 2.00 bits per heavy atom. The van der Waals surface area contributed by atoms with Gasteiger partial charge in [0.1, 0.15) is 6.04 Å². The van der Waals surface area contributed by atoms with Crippen LogP contribution in [0.15, 0.2) is 0 Å². The van der Waals surface area contributed by atoms with Crippen LogP contribution in [-0.4, -0.2) is 12.2 Å². The van der Waals surface area contributed by atoms with Gasteiger partial charge in [-0.1, -0.05) is 6.92 Å². The van der Waals surface area contributed by atoms with Crippen molar-refractivity contribution in [3.05, 3.63) is 0 Å². The van der Waals surface area contributed by atoms with Gasteiger partial charge >= 0.3 is 6.18 Å². The highest BCUT2D eigenvalue weighted by Crippen LogP contribution is 2.42. The van der Waals surface area contributed by atoms with E-state index < -0.39 is 12.2 Å². The first-order valence-electron chi connectivity index (χ1n) is 3.73. The highest BCUT2D eigenvalue weighted by atomic mass is 19.4. The number of hydrogen-bond donors (Lipinski definition) is 1. The Labute approximate surface area is 63.8 Å². The number of rotatable bonds is 2. The highest BCUT2D eigenvalue weighted by Gasteiger charge is 2.43. The van der Waals surface area contributed by atoms with Gasteiger partial charge in [-0.2, -0.15) is 13.2 Å². The zero-order valence-corrected chi connectivity index (χ0v) is 6.36. The van der Waals surface area contributed by atoms with Crippen LogP contribution in [-0.2, 0) is 0 Å². The second-order valence-corrected chi connectivity index (χ2v) is 3.36. The Hall–Kier alpha value is -0.250. The molecule has 0 aliphatic heterocycles. The number of nitrogens with two attached hydrogens (primary N) is 1. The minimum absolute atomic E-state index is 0.102. The van der Waals surface area contributed by atoms with E-state index in [1.807, 2.05) is 6.92 Å². The Morgan fingerprint density at radius 1 is 1.55 bits per heavy atom. The average Bonchev–Trinajstić information content (AvgIpc) is 2.44. The van der Waals surface area contributed by atoms with Gasteiger partial charge in [0.2, 0.25) is 0 Å². The molecule has 1 saturated carbocycles. The van der Waals surface area contributed by atoms with Crippen LogP contribution in [0.2, 0.25) is 0 Å². The first-order valence-corrected chi connectivity index (χ1v) is 3.73. The Bertz CT molecular complexity index is 143. The van der Waals surface area contributed by atoms with E-state index >= 15 is 0 Å². The lowest BCUT2D eigenvalue weighted by atomic mass is 10.1. The molecule has 0 bridgehead atoms. The third-order valence-electron chi connectivity index (χ3n) is 2.25. The first-order chi connectivity index (χ1) is 4.91. The molecular weight excluding hydrogens is 155 g/mol. The topological polar surface area (TPSA) is 26.0 Å². The normalized spacial score (nSPS) is 33.5. The largest absolute Gasteiger partial charge is 0.403 e. The van der Waals surface area contributed by atoms with E-state index in [9.17, 15) is 13.2 Å². The fourth-order valence-electron chi connectivity index (χ4n) is 1.19. The monoisotopic (exact) mass is 167 g/mol. The summed E-state index contributed by atoms with van der Waals surface area (Å²) in [6, 6.07) is -1.61. The number of alkyl halides is 3. The summed E-state index contributed by atoms with van der Waals surface area (Å²) in [5.74, 6) is 0.662. The maximum atomic E-state index is 11.8. The lowest BCUT2D eigenvalue weighted by Gasteiger charge is -2.14. The molecule has 4 heteroatoms. The molecule has 3 atom stereocenters. The standard InChI is InChI=1S/C7H12F3N/c1-4-2-5(4)3-6(11)7(8,9)10/h4-6H,2-3,11H2,1H3. The van der Waals surface area contributed by atoms with E-state index in [1.54, 1.807) is 0 Å². The molecule has 1 fully saturated rings. The molecule has 0 saturated heterocycles. The van der Waals surface area contributed by atoms with Gasteiger partial charge in [-0.15, -0.1) is 0 Å². The first kappa shape index (κ1) is 8.84. The summed E-state index contributed by atoms with van der Waals surface area (Å²) in [6.07, 6.45) is -3.20. The van der Waals surface area contributed by atoms with Crippen LogP contribution in [0.5, 0.6) is 0 Å². The molecule has 0 radical (unpaired) electrons. The second kappa shape index (κ2) is 2.66. The molecular formula is C7H12F3N. The molecule has 0 aromatic rings. The summed E-state index contributed by atoms with van der Waals surface area (Å²) < 4.78 is 35.5. The van der Waals surface area contributed by atoms with Crippen LogP contribution < -0.4 is 5.73 Å². The zero-order chi connectivity index (χ0) is 8.65. The number of hydrogen-bond acceptors (Lipinski definition) is 1. The predicted octanol–water partition coefficient (Wildman–Crippen LogP) is 1.92. The quantitative estimate of drug-likeness (QED) is 0.668. The van der Waals surface area contributed by atoms with Crippen LogP contribution in [0.4, 0.5) is 13.2 Å². The SMILES string of the molecule is CC1CC1CC(N)C(F)(F)F. The average molecular weight is 167 g/mol. The van der Waals surface area contributed by atoms with Crippen molar-refractivity contribution in [2.75, 3.05) is 0 Å². The maximum absolute atomic E-state index is 11.8. The molecule has 0 aromatic heterocycles. The van der Waals surface area contributed by atoms with Crippen LogP contribution in [0, 0.1) is 11.8 Å². The molecule has 1 aliphatic carbocycles. The molecule has 66 valence electrons. The van der Waals surface area contributed by atoms with E-state index in [1.165, 1.54) is 0 Å². The van der Waals surface area contributed by atoms with Crippen molar-refractivity contribution >= 4 is 0 Å². The Kier molecular flexibility index (Phi) is 2.14. The lowest BCUT2D eigenvalue weighted by molar-refractivity contribution is -0.149. The van der Waals surface area contributed by atoms with E-state index in [2.05, 4.69) is 0 Å². The van der Waals surface area contributed by atoms with Gasteiger partial charge < -0.3 is 5.73 Å². The second-order valence-electron chi connectivity index (χ2n) is 3.36. The third-order valence-corrected chi connectivity index (χ3v) is 2.25. The fraction of sp³-hybridized carbons (Fsp3) is 1.00. The van der Waals surface area contributed by atoms with Gasteiger partial charge in [-0.25, -0.2) is 0 Å². The van der Waals surface area contributed by atoms with Gasteiger partial charge in [0, 0.05) is 0 Å². The maximum Gasteiger partial charge on any atom is 0.403 e. The molecule has 0 heterocycles. The molecule has 1 nitrogen and oxygen atoms in total. The smallest absolute Gasteiger partial charge is 0.320 e. The van der Waals surface area contributed by atoms with Crippen molar-refractivity contribution in [3.63, 3.8) is 0 Å². The molecule has 2 N–H and O–H groups in total. The van der Waals surface area contributed by atoms with Gasteiger partial charge in [-0.05, 0) is 24.7 Å². The van der Waals surface area contributed by atoms with Crippen LogP contribution in [0.25, 0.3) is 0 Å². The predicted molar refractivity (Wildman–Crippen MR) is 35.9 cm³/mol. The van der Waals surface area contributed by atoms with Gasteiger partial charge in [0.15, 0.2) is 0 Å². The van der Waals surface area contributed by atoms with Crippen LogP contribution >= 0.6 is 0 Å². The van der Waals surface area contributed by atoms with Crippen molar-refractivity contribution in [2.45, 2.75) is 32.0 Å². The van der Waals surface area contributed by atoms with Crippen LogP contribution in [0.3, 0.4) is 0 Å². The van der Waals surface area contributed by atoms with Crippen molar-refractivity contribution in [1.29, 1.82) is 0 Å². The lowest BCUT2D eigenvalue weighted by Crippen LogP contribution is -2.37. The summed E-state index contributed by atoms with van der Waals surface area (Å²) in [5, 5.41) is 0. The summed E-state index contributed by atoms with van der Waals surface area (Å²) >= 11 is 0. The minimum Gasteiger partial charge on any atom is -0.320 e. The van der Waals surface area contributed by atoms with Gasteiger partial charge in [0.05, 0.1) is 0 Å². The van der Waals surface area contributed by atoms with E-state index in [0.717, 1.165) is 6.42 Å². The molecule has 1 rings (SSSR count). The molecule has 0 spiro atoms. The third kappa shape index (κ3) is 2.36. The number of halogens is 3. The molecule has 0 aromatic carbocycles. The molecule has 3 unspecified atom stereocenters. The van der Waals surface area contributed by atoms with Crippen molar-refractivity contribution < 1.29 is 13.2 Å². The van der Waals surface area contributed by atoms with E-state index in [4.69, 9.17) is 5.73 Å². The summed E-state index contributed by atoms with van der Waals surface area (Å²) in [7, 11) is 0. The summed E-state index contributed by atoms with van der Waals surface area (Å²) in [4.78, 5) is 0. The summed E-state index contributed by atoms with van der Waals surface area (Å²) in [5.41, 5.74) is 4.93. The van der Waals surface area contributed by atoms with E-state index in [-0.39, 0.29) is 12.3 Å². The highest BCUT2D eigenvalue weighted by molar-refractivity contribution is 4.87. The molecule has 1 aliphatic rings.